The van der Waals surface area contributed by atoms with E-state index in [4.69, 9.17) is 0 Å². The number of nitrogens with one attached hydrogen (secondary N) is 3. The Hall–Kier alpha value is -4.32. The molecule has 0 radical (unpaired) electrons. The first-order valence-corrected chi connectivity index (χ1v) is 12.9. The monoisotopic (exact) mass is 492 g/mol. The van der Waals surface area contributed by atoms with Crippen LogP contribution in [0.2, 0.25) is 0 Å². The summed E-state index contributed by atoms with van der Waals surface area (Å²) in [6.07, 6.45) is 3.42. The van der Waals surface area contributed by atoms with Crippen LogP contribution < -0.4 is 20.9 Å². The van der Waals surface area contributed by atoms with E-state index in [0.29, 0.717) is 11.3 Å². The zero-order chi connectivity index (χ0) is 25.6. The average Bonchev–Trinajstić information content (AvgIpc) is 2.94. The number of carbonyl (C=O) groups excluding carboxylic acids is 2. The van der Waals surface area contributed by atoms with E-state index >= 15 is 0 Å². The van der Waals surface area contributed by atoms with Gasteiger partial charge in [-0.25, -0.2) is 4.79 Å². The molecule has 6 heteroatoms. The van der Waals surface area contributed by atoms with Gasteiger partial charge < -0.3 is 20.9 Å². The van der Waals surface area contributed by atoms with E-state index in [-0.39, 0.29) is 18.0 Å². The minimum atomic E-state index is -0.355. The molecule has 0 bridgehead atoms. The maximum Gasteiger partial charge on any atom is 0.323 e. The molecule has 1 aliphatic rings. The lowest BCUT2D eigenvalue weighted by atomic mass is 10.0. The molecule has 0 saturated carbocycles. The van der Waals surface area contributed by atoms with Crippen LogP contribution in [0, 0.1) is 0 Å². The van der Waals surface area contributed by atoms with Gasteiger partial charge in [-0.1, -0.05) is 66.7 Å². The summed E-state index contributed by atoms with van der Waals surface area (Å²) in [7, 11) is 0. The van der Waals surface area contributed by atoms with Crippen LogP contribution in [0.15, 0.2) is 91.0 Å². The standard InChI is InChI=1S/C31H32N4O2/c1-22(23-11-4-2-5-12-23)32-30(36)27-21-25(17-18-29(27)35-19-8-3-9-20-35)33-31(37)34-28-16-10-14-24-13-6-7-15-26(24)28/h2,4-7,10-18,21-22H,3,8-9,19-20H2,1H3,(H,32,36)(H2,33,34,37). The highest BCUT2D eigenvalue weighted by atomic mass is 16.2. The van der Waals surface area contributed by atoms with Crippen LogP contribution in [-0.4, -0.2) is 25.0 Å². The molecule has 1 heterocycles. The number of hydrogen-bond donors (Lipinski definition) is 3. The molecule has 3 amide bonds. The number of hydrogen-bond acceptors (Lipinski definition) is 3. The first-order chi connectivity index (χ1) is 18.1. The molecule has 1 saturated heterocycles. The Bertz CT molecular complexity index is 1390. The number of amides is 3. The molecule has 0 aromatic heterocycles. The van der Waals surface area contributed by atoms with E-state index in [1.54, 1.807) is 6.07 Å². The number of piperidine rings is 1. The summed E-state index contributed by atoms with van der Waals surface area (Å²) in [5, 5.41) is 11.0. The van der Waals surface area contributed by atoms with Crippen LogP contribution >= 0.6 is 0 Å². The zero-order valence-electron chi connectivity index (χ0n) is 21.0. The fourth-order valence-corrected chi connectivity index (χ4v) is 4.92. The number of nitrogens with zero attached hydrogens (tertiary/aromatic N) is 1. The smallest absolute Gasteiger partial charge is 0.323 e. The molecule has 1 fully saturated rings. The maximum atomic E-state index is 13.5. The average molecular weight is 493 g/mol. The van der Waals surface area contributed by atoms with Gasteiger partial charge >= 0.3 is 6.03 Å². The van der Waals surface area contributed by atoms with Crippen LogP contribution in [0.5, 0.6) is 0 Å². The summed E-state index contributed by atoms with van der Waals surface area (Å²) in [6, 6.07) is 28.7. The minimum absolute atomic E-state index is 0.144. The van der Waals surface area contributed by atoms with E-state index in [1.807, 2.05) is 91.9 Å². The Morgan fingerprint density at radius 2 is 1.51 bits per heavy atom. The van der Waals surface area contributed by atoms with Crippen molar-refractivity contribution in [3.63, 3.8) is 0 Å². The molecule has 3 N–H and O–H groups in total. The van der Waals surface area contributed by atoms with E-state index in [9.17, 15) is 9.59 Å². The summed E-state index contributed by atoms with van der Waals surface area (Å²) in [5.74, 6) is -0.157. The van der Waals surface area contributed by atoms with Gasteiger partial charge in [-0.3, -0.25) is 4.79 Å². The molecule has 6 nitrogen and oxygen atoms in total. The fraction of sp³-hybridized carbons (Fsp3) is 0.226. The molecule has 4 aromatic carbocycles. The van der Waals surface area contributed by atoms with E-state index < -0.39 is 0 Å². The van der Waals surface area contributed by atoms with Crippen molar-refractivity contribution in [3.8, 4) is 0 Å². The Balaban J connectivity index is 1.37. The molecule has 1 aliphatic heterocycles. The lowest BCUT2D eigenvalue weighted by molar-refractivity contribution is 0.0940. The highest BCUT2D eigenvalue weighted by molar-refractivity contribution is 6.07. The number of benzene rings is 4. The number of urea groups is 1. The van der Waals surface area contributed by atoms with Crippen molar-refractivity contribution in [3.05, 3.63) is 102 Å². The third-order valence-corrected chi connectivity index (χ3v) is 6.88. The third-order valence-electron chi connectivity index (χ3n) is 6.88. The molecular weight excluding hydrogens is 460 g/mol. The maximum absolute atomic E-state index is 13.5. The van der Waals surface area contributed by atoms with Gasteiger partial charge in [0.2, 0.25) is 0 Å². The first kappa shape index (κ1) is 24.4. The predicted octanol–water partition coefficient (Wildman–Crippen LogP) is 6.97. The van der Waals surface area contributed by atoms with Crippen LogP contribution in [-0.2, 0) is 0 Å². The van der Waals surface area contributed by atoms with Gasteiger partial charge in [-0.15, -0.1) is 0 Å². The number of rotatable bonds is 6. The number of anilines is 3. The molecular formula is C31H32N4O2. The first-order valence-electron chi connectivity index (χ1n) is 12.9. The molecule has 0 aliphatic carbocycles. The molecule has 4 aromatic rings. The lowest BCUT2D eigenvalue weighted by Gasteiger charge is -2.31. The summed E-state index contributed by atoms with van der Waals surface area (Å²) >= 11 is 0. The molecule has 188 valence electrons. The van der Waals surface area contributed by atoms with E-state index in [2.05, 4.69) is 20.9 Å². The molecule has 37 heavy (non-hydrogen) atoms. The van der Waals surface area contributed by atoms with Crippen molar-refractivity contribution in [1.29, 1.82) is 0 Å². The van der Waals surface area contributed by atoms with Gasteiger partial charge in [0, 0.05) is 29.9 Å². The number of carbonyl (C=O) groups is 2. The second-order valence-corrected chi connectivity index (χ2v) is 9.49. The van der Waals surface area contributed by atoms with E-state index in [1.165, 1.54) is 6.42 Å². The second-order valence-electron chi connectivity index (χ2n) is 9.49. The van der Waals surface area contributed by atoms with Crippen LogP contribution in [0.1, 0.15) is 48.1 Å². The van der Waals surface area contributed by atoms with Crippen LogP contribution in [0.25, 0.3) is 10.8 Å². The lowest BCUT2D eigenvalue weighted by Crippen LogP contribution is -2.33. The summed E-state index contributed by atoms with van der Waals surface area (Å²) in [5.41, 5.74) is 3.80. The normalized spacial score (nSPS) is 14.1. The summed E-state index contributed by atoms with van der Waals surface area (Å²) < 4.78 is 0. The zero-order valence-corrected chi connectivity index (χ0v) is 21.0. The predicted molar refractivity (Wildman–Crippen MR) is 151 cm³/mol. The third kappa shape index (κ3) is 5.75. The van der Waals surface area contributed by atoms with Gasteiger partial charge in [0.25, 0.3) is 5.91 Å². The Kier molecular flexibility index (Phi) is 7.36. The quantitative estimate of drug-likeness (QED) is 0.272. The summed E-state index contributed by atoms with van der Waals surface area (Å²) in [4.78, 5) is 28.7. The van der Waals surface area contributed by atoms with E-state index in [0.717, 1.165) is 53.6 Å². The molecule has 1 atom stereocenters. The van der Waals surface area contributed by atoms with Crippen molar-refractivity contribution in [1.82, 2.24) is 5.32 Å². The molecule has 1 unspecified atom stereocenters. The summed E-state index contributed by atoms with van der Waals surface area (Å²) in [6.45, 7) is 3.82. The number of fused-ring (bicyclic) bond motifs is 1. The largest absolute Gasteiger partial charge is 0.371 e. The fourth-order valence-electron chi connectivity index (χ4n) is 4.92. The van der Waals surface area contributed by atoms with Crippen molar-refractivity contribution in [2.24, 2.45) is 0 Å². The Morgan fingerprint density at radius 3 is 2.32 bits per heavy atom. The van der Waals surface area contributed by atoms with Crippen molar-refractivity contribution >= 4 is 39.8 Å². The van der Waals surface area contributed by atoms with Gasteiger partial charge in [-0.05, 0) is 61.4 Å². The van der Waals surface area contributed by atoms with Gasteiger partial charge in [0.1, 0.15) is 0 Å². The SMILES string of the molecule is CC(NC(=O)c1cc(NC(=O)Nc2cccc3ccccc23)ccc1N1CCCCC1)c1ccccc1. The van der Waals surface area contributed by atoms with Gasteiger partial charge in [0.05, 0.1) is 17.3 Å². The highest BCUT2D eigenvalue weighted by Gasteiger charge is 2.21. The molecule has 5 rings (SSSR count). The van der Waals surface area contributed by atoms with Crippen molar-refractivity contribution in [2.45, 2.75) is 32.2 Å². The van der Waals surface area contributed by atoms with Crippen molar-refractivity contribution in [2.75, 3.05) is 28.6 Å². The molecule has 0 spiro atoms. The Labute approximate surface area is 217 Å². The van der Waals surface area contributed by atoms with Gasteiger partial charge in [-0.2, -0.15) is 0 Å². The highest BCUT2D eigenvalue weighted by Crippen LogP contribution is 2.29. The Morgan fingerprint density at radius 1 is 0.784 bits per heavy atom. The van der Waals surface area contributed by atoms with Gasteiger partial charge in [0.15, 0.2) is 0 Å². The second kappa shape index (κ2) is 11.2. The minimum Gasteiger partial charge on any atom is -0.371 e. The van der Waals surface area contributed by atoms with Crippen molar-refractivity contribution < 1.29 is 9.59 Å². The van der Waals surface area contributed by atoms with Crippen LogP contribution in [0.4, 0.5) is 21.9 Å². The van der Waals surface area contributed by atoms with Crippen LogP contribution in [0.3, 0.4) is 0 Å². The topological polar surface area (TPSA) is 73.5 Å².